The number of hydrogen-bond donors (Lipinski definition) is 0. The van der Waals surface area contributed by atoms with E-state index in [1.165, 1.54) is 6.20 Å². The molecular formula is C18H17N7O. The Hall–Kier alpha value is -3.47. The number of imidazole rings is 1. The van der Waals surface area contributed by atoms with Gasteiger partial charge < -0.3 is 14.2 Å². The lowest BCUT2D eigenvalue weighted by Gasteiger charge is -2.23. The highest BCUT2D eigenvalue weighted by Gasteiger charge is 2.24. The zero-order valence-corrected chi connectivity index (χ0v) is 14.1. The maximum atomic E-state index is 8.85. The third-order valence-electron chi connectivity index (χ3n) is 4.25. The second kappa shape index (κ2) is 7.19. The molecular weight excluding hydrogens is 330 g/mol. The van der Waals surface area contributed by atoms with Crippen molar-refractivity contribution in [2.24, 2.45) is 5.92 Å². The highest BCUT2D eigenvalue weighted by molar-refractivity contribution is 5.31. The van der Waals surface area contributed by atoms with E-state index in [0.717, 1.165) is 18.8 Å². The number of fused-ring (bicyclic) bond motifs is 1. The molecule has 8 heteroatoms. The smallest absolute Gasteiger partial charge is 0.225 e. The summed E-state index contributed by atoms with van der Waals surface area (Å²) in [6, 6.07) is 7.28. The van der Waals surface area contributed by atoms with Gasteiger partial charge in [-0.1, -0.05) is 0 Å². The largest absolute Gasteiger partial charge is 0.477 e. The number of anilines is 1. The van der Waals surface area contributed by atoms with Crippen molar-refractivity contribution in [2.45, 2.75) is 13.1 Å². The molecule has 0 aromatic carbocycles. The highest BCUT2D eigenvalue weighted by atomic mass is 16.5. The molecule has 0 fully saturated rings. The van der Waals surface area contributed by atoms with E-state index in [0.29, 0.717) is 30.5 Å². The number of nitrogens with zero attached hydrogens (tertiary/aromatic N) is 7. The third-order valence-corrected chi connectivity index (χ3v) is 4.25. The Morgan fingerprint density at radius 2 is 2.04 bits per heavy atom. The molecule has 0 N–H and O–H groups in total. The maximum absolute atomic E-state index is 8.85. The van der Waals surface area contributed by atoms with Gasteiger partial charge in [0.05, 0.1) is 30.7 Å². The van der Waals surface area contributed by atoms with Crippen LogP contribution in [0.1, 0.15) is 11.3 Å². The first-order valence-corrected chi connectivity index (χ1v) is 8.32. The van der Waals surface area contributed by atoms with E-state index < -0.39 is 0 Å². The van der Waals surface area contributed by atoms with Crippen molar-refractivity contribution < 1.29 is 4.74 Å². The van der Waals surface area contributed by atoms with Gasteiger partial charge in [0.25, 0.3) is 0 Å². The fraction of sp³-hybridized carbons (Fsp3) is 0.278. The Kier molecular flexibility index (Phi) is 4.43. The van der Waals surface area contributed by atoms with E-state index in [-0.39, 0.29) is 5.92 Å². The van der Waals surface area contributed by atoms with Crippen molar-refractivity contribution in [1.82, 2.24) is 24.5 Å². The molecule has 0 aliphatic carbocycles. The minimum atomic E-state index is 0.215. The van der Waals surface area contributed by atoms with E-state index in [4.69, 9.17) is 10.00 Å². The Bertz CT molecular complexity index is 901. The van der Waals surface area contributed by atoms with E-state index in [9.17, 15) is 0 Å². The fourth-order valence-electron chi connectivity index (χ4n) is 3.00. The third kappa shape index (κ3) is 3.47. The quantitative estimate of drug-likeness (QED) is 0.708. The summed E-state index contributed by atoms with van der Waals surface area (Å²) in [5.74, 6) is 1.43. The van der Waals surface area contributed by atoms with Gasteiger partial charge in [0.2, 0.25) is 11.8 Å². The van der Waals surface area contributed by atoms with Gasteiger partial charge in [0.15, 0.2) is 0 Å². The van der Waals surface area contributed by atoms with Gasteiger partial charge in [-0.05, 0) is 12.1 Å². The topological polar surface area (TPSA) is 92.8 Å². The molecule has 26 heavy (non-hydrogen) atoms. The Labute approximate surface area is 150 Å². The number of hydrogen-bond acceptors (Lipinski definition) is 7. The summed E-state index contributed by atoms with van der Waals surface area (Å²) in [5, 5.41) is 8.85. The zero-order valence-electron chi connectivity index (χ0n) is 14.1. The summed E-state index contributed by atoms with van der Waals surface area (Å²) in [6.07, 6.45) is 8.73. The lowest BCUT2D eigenvalue weighted by atomic mass is 10.1. The Morgan fingerprint density at radius 3 is 2.81 bits per heavy atom. The number of aromatic nitrogens is 5. The van der Waals surface area contributed by atoms with Crippen LogP contribution < -0.4 is 9.64 Å². The van der Waals surface area contributed by atoms with Gasteiger partial charge in [-0.3, -0.25) is 0 Å². The lowest BCUT2D eigenvalue weighted by Crippen LogP contribution is -2.32. The average Bonchev–Trinajstić information content (AvgIpc) is 3.05. The molecule has 0 radical (unpaired) electrons. The van der Waals surface area contributed by atoms with Crippen LogP contribution in [-0.2, 0) is 13.1 Å². The molecule has 1 unspecified atom stereocenters. The lowest BCUT2D eigenvalue weighted by molar-refractivity contribution is 0.229. The van der Waals surface area contributed by atoms with E-state index in [1.807, 2.05) is 18.6 Å². The van der Waals surface area contributed by atoms with Crippen molar-refractivity contribution in [1.29, 1.82) is 5.26 Å². The van der Waals surface area contributed by atoms with E-state index >= 15 is 0 Å². The normalized spacial score (nSPS) is 16.4. The van der Waals surface area contributed by atoms with Crippen LogP contribution in [0.15, 0.2) is 49.3 Å². The minimum absolute atomic E-state index is 0.215. The zero-order chi connectivity index (χ0) is 17.8. The van der Waals surface area contributed by atoms with Crippen molar-refractivity contribution in [3.05, 3.63) is 60.6 Å². The maximum Gasteiger partial charge on any atom is 0.225 e. The van der Waals surface area contributed by atoms with Crippen LogP contribution in [0, 0.1) is 17.2 Å². The summed E-state index contributed by atoms with van der Waals surface area (Å²) < 4.78 is 8.00. The number of nitriles is 1. The van der Waals surface area contributed by atoms with Crippen LogP contribution in [0.5, 0.6) is 5.88 Å². The molecule has 1 aliphatic rings. The van der Waals surface area contributed by atoms with Crippen molar-refractivity contribution >= 4 is 5.95 Å². The van der Waals surface area contributed by atoms with Gasteiger partial charge in [-0.2, -0.15) is 5.26 Å². The fourth-order valence-corrected chi connectivity index (χ4v) is 3.00. The molecule has 0 saturated heterocycles. The second-order valence-corrected chi connectivity index (χ2v) is 6.14. The summed E-state index contributed by atoms with van der Waals surface area (Å²) >= 11 is 0. The monoisotopic (exact) mass is 347 g/mol. The van der Waals surface area contributed by atoms with E-state index in [2.05, 4.69) is 35.5 Å². The van der Waals surface area contributed by atoms with Crippen LogP contribution in [0.4, 0.5) is 5.95 Å². The molecule has 0 saturated carbocycles. The predicted octanol–water partition coefficient (Wildman–Crippen LogP) is 1.66. The predicted molar refractivity (Wildman–Crippen MR) is 93.2 cm³/mol. The first kappa shape index (κ1) is 16.0. The van der Waals surface area contributed by atoms with Crippen molar-refractivity contribution in [3.8, 4) is 11.9 Å². The molecule has 4 rings (SSSR count). The van der Waals surface area contributed by atoms with Crippen LogP contribution in [0.3, 0.4) is 0 Å². The molecule has 130 valence electrons. The first-order valence-electron chi connectivity index (χ1n) is 8.32. The number of pyridine rings is 1. The van der Waals surface area contributed by atoms with Gasteiger partial charge in [-0.25, -0.2) is 19.9 Å². The molecule has 8 nitrogen and oxygen atoms in total. The Morgan fingerprint density at radius 1 is 1.15 bits per heavy atom. The molecule has 0 amide bonds. The van der Waals surface area contributed by atoms with Gasteiger partial charge in [0, 0.05) is 49.9 Å². The molecule has 3 aromatic rings. The van der Waals surface area contributed by atoms with E-state index in [1.54, 1.807) is 24.5 Å². The minimum Gasteiger partial charge on any atom is -0.477 e. The van der Waals surface area contributed by atoms with Crippen LogP contribution in [0.2, 0.25) is 0 Å². The average molecular weight is 347 g/mol. The molecule has 0 bridgehead atoms. The van der Waals surface area contributed by atoms with Gasteiger partial charge in [-0.15, -0.1) is 0 Å². The van der Waals surface area contributed by atoms with Crippen LogP contribution in [-0.4, -0.2) is 37.7 Å². The highest BCUT2D eigenvalue weighted by Crippen LogP contribution is 2.20. The van der Waals surface area contributed by atoms with Crippen LogP contribution >= 0.6 is 0 Å². The standard InChI is InChI=1S/C18H17N7O/c19-6-14-2-3-17(23-7-14)26-12-15-9-24(18-21-4-1-5-22-18)11-16-8-20-13-25(16)10-15/h1-5,7-8,13,15H,9-12H2. The van der Waals surface area contributed by atoms with Gasteiger partial charge in [0.1, 0.15) is 6.07 Å². The second-order valence-electron chi connectivity index (χ2n) is 6.14. The summed E-state index contributed by atoms with van der Waals surface area (Å²) in [4.78, 5) is 19.3. The number of rotatable bonds is 4. The molecule has 0 spiro atoms. The summed E-state index contributed by atoms with van der Waals surface area (Å²) in [6.45, 7) is 2.77. The SMILES string of the molecule is N#Cc1ccc(OCC2CN(c3ncccn3)Cc3cncn3C2)nc1. The van der Waals surface area contributed by atoms with Gasteiger partial charge >= 0.3 is 0 Å². The molecule has 4 heterocycles. The van der Waals surface area contributed by atoms with Crippen molar-refractivity contribution in [3.63, 3.8) is 0 Å². The summed E-state index contributed by atoms with van der Waals surface area (Å²) in [5.41, 5.74) is 1.64. The van der Waals surface area contributed by atoms with Crippen molar-refractivity contribution in [2.75, 3.05) is 18.1 Å². The molecule has 1 atom stereocenters. The van der Waals surface area contributed by atoms with Crippen LogP contribution in [0.25, 0.3) is 0 Å². The Balaban J connectivity index is 1.50. The number of ether oxygens (including phenoxy) is 1. The molecule has 1 aliphatic heterocycles. The first-order chi connectivity index (χ1) is 12.8. The molecule has 3 aromatic heterocycles. The summed E-state index contributed by atoms with van der Waals surface area (Å²) in [7, 11) is 0.